The number of alkyl halides is 3. The number of nitrogens with one attached hydrogen (secondary N) is 1. The zero-order valence-electron chi connectivity index (χ0n) is 13.1. The Labute approximate surface area is 147 Å². The van der Waals surface area contributed by atoms with E-state index in [9.17, 15) is 18.0 Å². The number of pyridine rings is 1. The van der Waals surface area contributed by atoms with Gasteiger partial charge in [-0.2, -0.15) is 13.2 Å². The minimum atomic E-state index is -4.48. The van der Waals surface area contributed by atoms with Crippen LogP contribution in [0, 0.1) is 0 Å². The van der Waals surface area contributed by atoms with Crippen molar-refractivity contribution in [2.24, 2.45) is 0 Å². The van der Waals surface area contributed by atoms with Crippen molar-refractivity contribution in [2.75, 3.05) is 19.6 Å². The van der Waals surface area contributed by atoms with Crippen LogP contribution in [0.4, 0.5) is 13.2 Å². The molecule has 1 N–H and O–H groups in total. The van der Waals surface area contributed by atoms with Gasteiger partial charge in [0, 0.05) is 30.9 Å². The topological polar surface area (TPSA) is 45.2 Å². The number of piperazine rings is 1. The van der Waals surface area contributed by atoms with Gasteiger partial charge < -0.3 is 10.2 Å². The van der Waals surface area contributed by atoms with E-state index in [2.05, 4.69) is 10.3 Å². The molecule has 0 aliphatic carbocycles. The monoisotopic (exact) mass is 369 g/mol. The van der Waals surface area contributed by atoms with Gasteiger partial charge in [0.05, 0.1) is 11.6 Å². The normalized spacial score (nSPS) is 18.2. The van der Waals surface area contributed by atoms with Crippen LogP contribution in [0.2, 0.25) is 5.02 Å². The fraction of sp³-hybridized carbons (Fsp3) is 0.294. The van der Waals surface area contributed by atoms with E-state index in [1.54, 1.807) is 17.0 Å². The summed E-state index contributed by atoms with van der Waals surface area (Å²) in [6.07, 6.45) is -3.80. The van der Waals surface area contributed by atoms with E-state index in [0.717, 1.165) is 17.7 Å². The Morgan fingerprint density at radius 3 is 2.64 bits per heavy atom. The predicted octanol–water partition coefficient (Wildman–Crippen LogP) is 3.54. The molecule has 8 heteroatoms. The summed E-state index contributed by atoms with van der Waals surface area (Å²) in [4.78, 5) is 18.1. The third kappa shape index (κ3) is 3.77. The molecule has 132 valence electrons. The smallest absolute Gasteiger partial charge is 0.328 e. The zero-order chi connectivity index (χ0) is 18.0. The van der Waals surface area contributed by atoms with Crippen molar-refractivity contribution in [3.05, 3.63) is 64.4 Å². The van der Waals surface area contributed by atoms with Crippen LogP contribution in [-0.2, 0) is 6.18 Å². The predicted molar refractivity (Wildman–Crippen MR) is 87.3 cm³/mol. The van der Waals surface area contributed by atoms with Gasteiger partial charge in [0.25, 0.3) is 5.91 Å². The maximum absolute atomic E-state index is 12.8. The molecule has 1 atom stereocenters. The van der Waals surface area contributed by atoms with Gasteiger partial charge in [-0.3, -0.25) is 9.78 Å². The van der Waals surface area contributed by atoms with Crippen molar-refractivity contribution in [3.63, 3.8) is 0 Å². The van der Waals surface area contributed by atoms with E-state index >= 15 is 0 Å². The Balaban J connectivity index is 1.88. The molecule has 3 rings (SSSR count). The van der Waals surface area contributed by atoms with Gasteiger partial charge in [-0.1, -0.05) is 29.8 Å². The Hall–Kier alpha value is -2.12. The highest BCUT2D eigenvalue weighted by molar-refractivity contribution is 6.31. The van der Waals surface area contributed by atoms with Crippen LogP contribution in [0.25, 0.3) is 0 Å². The van der Waals surface area contributed by atoms with Crippen LogP contribution in [0.5, 0.6) is 0 Å². The quantitative estimate of drug-likeness (QED) is 0.880. The van der Waals surface area contributed by atoms with Crippen LogP contribution in [0.1, 0.15) is 27.7 Å². The number of aromatic nitrogens is 1. The van der Waals surface area contributed by atoms with Crippen LogP contribution >= 0.6 is 11.6 Å². The number of benzene rings is 1. The average molecular weight is 370 g/mol. The second-order valence-corrected chi connectivity index (χ2v) is 6.08. The lowest BCUT2D eigenvalue weighted by Gasteiger charge is -2.36. The van der Waals surface area contributed by atoms with Gasteiger partial charge >= 0.3 is 6.18 Å². The van der Waals surface area contributed by atoms with Gasteiger partial charge in [-0.15, -0.1) is 0 Å². The molecule has 2 aromatic rings. The molecule has 0 bridgehead atoms. The van der Waals surface area contributed by atoms with Crippen molar-refractivity contribution in [1.29, 1.82) is 0 Å². The van der Waals surface area contributed by atoms with Crippen molar-refractivity contribution < 1.29 is 18.0 Å². The first-order valence-corrected chi connectivity index (χ1v) is 8.05. The summed E-state index contributed by atoms with van der Waals surface area (Å²) >= 11 is 6.24. The van der Waals surface area contributed by atoms with Gasteiger partial charge in [0.1, 0.15) is 5.69 Å². The number of hydrogen-bond donors (Lipinski definition) is 1. The fourth-order valence-corrected chi connectivity index (χ4v) is 3.07. The molecule has 0 radical (unpaired) electrons. The molecule has 1 fully saturated rings. The van der Waals surface area contributed by atoms with E-state index in [4.69, 9.17) is 11.6 Å². The number of hydrogen-bond acceptors (Lipinski definition) is 3. The summed E-state index contributed by atoms with van der Waals surface area (Å²) in [5.74, 6) is -0.417. The standard InChI is InChI=1S/C17H15ClF3N3O/c18-13-4-2-1-3-12(13)15-10-22-7-8-24(15)16(25)14-6-5-11(9-23-14)17(19,20)21/h1-6,9,15,22H,7-8,10H2. The van der Waals surface area contributed by atoms with Crippen LogP contribution < -0.4 is 5.32 Å². The Morgan fingerprint density at radius 2 is 2.00 bits per heavy atom. The zero-order valence-corrected chi connectivity index (χ0v) is 13.8. The number of nitrogens with zero attached hydrogens (tertiary/aromatic N) is 2. The molecule has 0 saturated carbocycles. The Kier molecular flexibility index (Phi) is 4.96. The highest BCUT2D eigenvalue weighted by Gasteiger charge is 2.33. The molecule has 2 heterocycles. The van der Waals surface area contributed by atoms with E-state index in [1.807, 2.05) is 12.1 Å². The van der Waals surface area contributed by atoms with Gasteiger partial charge in [-0.25, -0.2) is 0 Å². The lowest BCUT2D eigenvalue weighted by molar-refractivity contribution is -0.137. The van der Waals surface area contributed by atoms with Gasteiger partial charge in [0.2, 0.25) is 0 Å². The Bertz CT molecular complexity index is 764. The molecule has 0 spiro atoms. The molecule has 25 heavy (non-hydrogen) atoms. The number of carbonyl (C=O) groups is 1. The SMILES string of the molecule is O=C(c1ccc(C(F)(F)F)cn1)N1CCNCC1c1ccccc1Cl. The highest BCUT2D eigenvalue weighted by Crippen LogP contribution is 2.31. The molecule has 1 unspecified atom stereocenters. The van der Waals surface area contributed by atoms with Gasteiger partial charge in [0.15, 0.2) is 0 Å². The first-order valence-electron chi connectivity index (χ1n) is 7.67. The van der Waals surface area contributed by atoms with Crippen molar-refractivity contribution in [3.8, 4) is 0 Å². The molecule has 1 aliphatic heterocycles. The molecule has 1 aliphatic rings. The summed E-state index contributed by atoms with van der Waals surface area (Å²) in [6.45, 7) is 1.51. The van der Waals surface area contributed by atoms with E-state index in [-0.39, 0.29) is 11.7 Å². The first-order chi connectivity index (χ1) is 11.9. The molecule has 4 nitrogen and oxygen atoms in total. The van der Waals surface area contributed by atoms with Crippen molar-refractivity contribution >= 4 is 17.5 Å². The first kappa shape index (κ1) is 17.7. The summed E-state index contributed by atoms with van der Waals surface area (Å²) in [7, 11) is 0. The maximum Gasteiger partial charge on any atom is 0.417 e. The molecular formula is C17H15ClF3N3O. The van der Waals surface area contributed by atoms with E-state index < -0.39 is 17.6 Å². The van der Waals surface area contributed by atoms with Crippen LogP contribution in [0.15, 0.2) is 42.6 Å². The minimum absolute atomic E-state index is 0.0213. The summed E-state index contributed by atoms with van der Waals surface area (Å²) in [6, 6.07) is 8.87. The molecule has 1 amide bonds. The number of halogens is 4. The van der Waals surface area contributed by atoms with Crippen molar-refractivity contribution in [1.82, 2.24) is 15.2 Å². The molecule has 1 aromatic heterocycles. The summed E-state index contributed by atoms with van der Waals surface area (Å²) < 4.78 is 37.9. The highest BCUT2D eigenvalue weighted by atomic mass is 35.5. The van der Waals surface area contributed by atoms with E-state index in [1.165, 1.54) is 0 Å². The summed E-state index contributed by atoms with van der Waals surface area (Å²) in [5, 5.41) is 3.74. The third-order valence-corrected chi connectivity index (χ3v) is 4.42. The van der Waals surface area contributed by atoms with Crippen LogP contribution in [-0.4, -0.2) is 35.4 Å². The fourth-order valence-electron chi connectivity index (χ4n) is 2.81. The number of amides is 1. The lowest BCUT2D eigenvalue weighted by atomic mass is 10.0. The lowest BCUT2D eigenvalue weighted by Crippen LogP contribution is -2.49. The summed E-state index contributed by atoms with van der Waals surface area (Å²) in [5.41, 5.74) is -0.115. The number of carbonyl (C=O) groups excluding carboxylic acids is 1. The van der Waals surface area contributed by atoms with E-state index in [0.29, 0.717) is 30.9 Å². The molecule has 1 aromatic carbocycles. The third-order valence-electron chi connectivity index (χ3n) is 4.08. The second-order valence-electron chi connectivity index (χ2n) is 5.67. The molecule has 1 saturated heterocycles. The van der Waals surface area contributed by atoms with Crippen molar-refractivity contribution in [2.45, 2.75) is 12.2 Å². The minimum Gasteiger partial charge on any atom is -0.328 e. The second kappa shape index (κ2) is 7.01. The van der Waals surface area contributed by atoms with Crippen LogP contribution in [0.3, 0.4) is 0 Å². The average Bonchev–Trinajstić information content (AvgIpc) is 2.61. The maximum atomic E-state index is 12.8. The number of rotatable bonds is 2. The Morgan fingerprint density at radius 1 is 1.24 bits per heavy atom. The largest absolute Gasteiger partial charge is 0.417 e. The molecular weight excluding hydrogens is 355 g/mol. The van der Waals surface area contributed by atoms with Gasteiger partial charge in [-0.05, 0) is 23.8 Å².